The van der Waals surface area contributed by atoms with Crippen LogP contribution in [0.15, 0.2) is 28.7 Å². The van der Waals surface area contributed by atoms with E-state index in [2.05, 4.69) is 15.5 Å². The maximum Gasteiger partial charge on any atom is 0.315 e. The van der Waals surface area contributed by atoms with E-state index >= 15 is 0 Å². The molecule has 0 aliphatic rings. The Bertz CT molecular complexity index is 516. The molecule has 2 rings (SSSR count). The molecule has 0 spiro atoms. The first kappa shape index (κ1) is 12.8. The first-order valence-electron chi connectivity index (χ1n) is 5.61. The first-order valence-corrected chi connectivity index (χ1v) is 6.05. The average molecular weight is 270 g/mol. The highest BCUT2D eigenvalue weighted by Crippen LogP contribution is 2.19. The molecule has 0 radical (unpaired) electrons. The van der Waals surface area contributed by atoms with Gasteiger partial charge in [-0.15, -0.1) is 16.7 Å². The van der Waals surface area contributed by atoms with Crippen LogP contribution in [0, 0.1) is 5.82 Å². The van der Waals surface area contributed by atoms with E-state index in [4.69, 9.17) is 16.0 Å². The molecule has 1 heterocycles. The number of halogens is 2. The molecule has 0 bridgehead atoms. The zero-order chi connectivity index (χ0) is 13.0. The summed E-state index contributed by atoms with van der Waals surface area (Å²) in [6.07, 6.45) is 0.542. The number of nitrogens with zero attached hydrogens (tertiary/aromatic N) is 2. The smallest absolute Gasteiger partial charge is 0.315 e. The van der Waals surface area contributed by atoms with Crippen molar-refractivity contribution in [2.45, 2.75) is 18.7 Å². The van der Waals surface area contributed by atoms with Gasteiger partial charge in [0.1, 0.15) is 11.2 Å². The fraction of sp³-hybridized carbons (Fsp3) is 0.333. The van der Waals surface area contributed by atoms with Gasteiger partial charge in [0.15, 0.2) is 0 Å². The molecule has 0 aliphatic heterocycles. The molecule has 0 saturated heterocycles. The maximum absolute atomic E-state index is 13.3. The number of anilines is 1. The second kappa shape index (κ2) is 5.82. The highest BCUT2D eigenvalue weighted by molar-refractivity contribution is 6.20. The summed E-state index contributed by atoms with van der Waals surface area (Å²) < 4.78 is 18.6. The van der Waals surface area contributed by atoms with Crippen LogP contribution in [0.25, 0.3) is 0 Å². The molecule has 1 aromatic heterocycles. The van der Waals surface area contributed by atoms with Gasteiger partial charge in [0.25, 0.3) is 0 Å². The van der Waals surface area contributed by atoms with E-state index in [0.717, 1.165) is 0 Å². The van der Waals surface area contributed by atoms with Crippen LogP contribution in [0.1, 0.15) is 23.8 Å². The third kappa shape index (κ3) is 3.20. The van der Waals surface area contributed by atoms with E-state index in [1.807, 2.05) is 0 Å². The van der Waals surface area contributed by atoms with Gasteiger partial charge in [-0.25, -0.2) is 4.39 Å². The SMILES string of the molecule is CC(Cl)c1nnc(NCCc2ccccc2F)o1. The van der Waals surface area contributed by atoms with Crippen LogP contribution in [-0.4, -0.2) is 16.7 Å². The molecule has 6 heteroatoms. The van der Waals surface area contributed by atoms with E-state index < -0.39 is 0 Å². The highest BCUT2D eigenvalue weighted by Gasteiger charge is 2.10. The van der Waals surface area contributed by atoms with E-state index in [1.54, 1.807) is 25.1 Å². The van der Waals surface area contributed by atoms with Crippen LogP contribution in [-0.2, 0) is 6.42 Å². The Kier molecular flexibility index (Phi) is 4.15. The van der Waals surface area contributed by atoms with Crippen LogP contribution in [0.4, 0.5) is 10.4 Å². The van der Waals surface area contributed by atoms with Crippen molar-refractivity contribution in [3.63, 3.8) is 0 Å². The maximum atomic E-state index is 13.3. The lowest BCUT2D eigenvalue weighted by Crippen LogP contribution is -2.06. The summed E-state index contributed by atoms with van der Waals surface area (Å²) in [5, 5.41) is 10.2. The van der Waals surface area contributed by atoms with Crippen molar-refractivity contribution in [3.8, 4) is 0 Å². The largest absolute Gasteiger partial charge is 0.407 e. The van der Waals surface area contributed by atoms with E-state index in [1.165, 1.54) is 6.07 Å². The van der Waals surface area contributed by atoms with Crippen molar-refractivity contribution >= 4 is 17.6 Å². The predicted molar refractivity (Wildman–Crippen MR) is 67.2 cm³/mol. The predicted octanol–water partition coefficient (Wildman–Crippen LogP) is 3.16. The molecular formula is C12H13ClFN3O. The zero-order valence-electron chi connectivity index (χ0n) is 9.86. The normalized spacial score (nSPS) is 12.4. The summed E-state index contributed by atoms with van der Waals surface area (Å²) in [4.78, 5) is 0. The molecule has 4 nitrogen and oxygen atoms in total. The number of alkyl halides is 1. The minimum Gasteiger partial charge on any atom is -0.407 e. The molecule has 0 amide bonds. The van der Waals surface area contributed by atoms with Crippen LogP contribution in [0.3, 0.4) is 0 Å². The quantitative estimate of drug-likeness (QED) is 0.847. The molecular weight excluding hydrogens is 257 g/mol. The number of hydrogen-bond donors (Lipinski definition) is 1. The third-order valence-corrected chi connectivity index (χ3v) is 2.60. The average Bonchev–Trinajstić information content (AvgIpc) is 2.80. The molecule has 2 aromatic rings. The molecule has 18 heavy (non-hydrogen) atoms. The molecule has 0 fully saturated rings. The van der Waals surface area contributed by atoms with Crippen molar-refractivity contribution in [3.05, 3.63) is 41.5 Å². The van der Waals surface area contributed by atoms with E-state index in [0.29, 0.717) is 30.4 Å². The van der Waals surface area contributed by atoms with Gasteiger partial charge in [-0.3, -0.25) is 0 Å². The van der Waals surface area contributed by atoms with E-state index in [-0.39, 0.29) is 11.2 Å². The van der Waals surface area contributed by atoms with Crippen molar-refractivity contribution in [2.75, 3.05) is 11.9 Å². The van der Waals surface area contributed by atoms with Crippen LogP contribution >= 0.6 is 11.6 Å². The summed E-state index contributed by atoms with van der Waals surface area (Å²) in [6, 6.07) is 6.96. The zero-order valence-corrected chi connectivity index (χ0v) is 10.6. The van der Waals surface area contributed by atoms with Gasteiger partial charge in [-0.05, 0) is 25.0 Å². The Balaban J connectivity index is 1.87. The fourth-order valence-electron chi connectivity index (χ4n) is 1.47. The van der Waals surface area contributed by atoms with Crippen LogP contribution in [0.2, 0.25) is 0 Å². The van der Waals surface area contributed by atoms with Crippen LogP contribution in [0.5, 0.6) is 0 Å². The van der Waals surface area contributed by atoms with Gasteiger partial charge in [0.05, 0.1) is 0 Å². The Morgan fingerprint density at radius 2 is 2.17 bits per heavy atom. The fourth-order valence-corrected chi connectivity index (χ4v) is 1.56. The summed E-state index contributed by atoms with van der Waals surface area (Å²) >= 11 is 5.79. The standard InChI is InChI=1S/C12H13ClFN3O/c1-8(13)11-16-17-12(18-11)15-7-6-9-4-2-3-5-10(9)14/h2-5,8H,6-7H2,1H3,(H,15,17). The van der Waals surface area contributed by atoms with Gasteiger partial charge < -0.3 is 9.73 Å². The van der Waals surface area contributed by atoms with Gasteiger partial charge in [0.2, 0.25) is 5.89 Å². The summed E-state index contributed by atoms with van der Waals surface area (Å²) in [5.41, 5.74) is 0.649. The molecule has 1 aromatic carbocycles. The topological polar surface area (TPSA) is 51.0 Å². The lowest BCUT2D eigenvalue weighted by molar-refractivity contribution is 0.505. The summed E-state index contributed by atoms with van der Waals surface area (Å²) in [7, 11) is 0. The van der Waals surface area contributed by atoms with Crippen molar-refractivity contribution < 1.29 is 8.81 Å². The van der Waals surface area contributed by atoms with Gasteiger partial charge >= 0.3 is 6.01 Å². The molecule has 0 saturated carbocycles. The van der Waals surface area contributed by atoms with Crippen molar-refractivity contribution in [2.24, 2.45) is 0 Å². The summed E-state index contributed by atoms with van der Waals surface area (Å²) in [5.74, 6) is 0.157. The van der Waals surface area contributed by atoms with Gasteiger partial charge in [-0.1, -0.05) is 23.3 Å². The number of hydrogen-bond acceptors (Lipinski definition) is 4. The minimum atomic E-state index is -0.320. The Hall–Kier alpha value is -1.62. The first-order chi connectivity index (χ1) is 8.66. The molecule has 0 aliphatic carbocycles. The number of benzene rings is 1. The van der Waals surface area contributed by atoms with Crippen molar-refractivity contribution in [1.29, 1.82) is 0 Å². The minimum absolute atomic E-state index is 0.208. The molecule has 1 atom stereocenters. The lowest BCUT2D eigenvalue weighted by Gasteiger charge is -2.03. The molecule has 1 N–H and O–H groups in total. The number of rotatable bonds is 5. The lowest BCUT2D eigenvalue weighted by atomic mass is 10.1. The number of aromatic nitrogens is 2. The van der Waals surface area contributed by atoms with Crippen molar-refractivity contribution in [1.82, 2.24) is 10.2 Å². The van der Waals surface area contributed by atoms with E-state index in [9.17, 15) is 4.39 Å². The third-order valence-electron chi connectivity index (χ3n) is 2.41. The Labute approximate surface area is 109 Å². The Morgan fingerprint density at radius 1 is 1.39 bits per heavy atom. The summed E-state index contributed by atoms with van der Waals surface area (Å²) in [6.45, 7) is 2.26. The molecule has 96 valence electrons. The van der Waals surface area contributed by atoms with Gasteiger partial charge in [-0.2, -0.15) is 0 Å². The van der Waals surface area contributed by atoms with Crippen LogP contribution < -0.4 is 5.32 Å². The number of nitrogens with one attached hydrogen (secondary N) is 1. The second-order valence-electron chi connectivity index (χ2n) is 3.83. The van der Waals surface area contributed by atoms with Gasteiger partial charge in [0, 0.05) is 6.54 Å². The second-order valence-corrected chi connectivity index (χ2v) is 4.48. The Morgan fingerprint density at radius 3 is 2.83 bits per heavy atom. The highest BCUT2D eigenvalue weighted by atomic mass is 35.5. The molecule has 1 unspecified atom stereocenters. The monoisotopic (exact) mass is 269 g/mol.